The number of H-pyrrole nitrogens is 1. The molecule has 0 spiro atoms. The smallest absolute Gasteiger partial charge is 0.276 e. The Morgan fingerprint density at radius 1 is 1.10 bits per heavy atom. The highest BCUT2D eigenvalue weighted by molar-refractivity contribution is 5.93. The Hall–Kier alpha value is -3.55. The number of aryl methyl sites for hydroxylation is 1. The van der Waals surface area contributed by atoms with Gasteiger partial charge >= 0.3 is 0 Å². The van der Waals surface area contributed by atoms with Crippen LogP contribution in [0, 0.1) is 18.8 Å². The molecule has 0 unspecified atom stereocenters. The van der Waals surface area contributed by atoms with Crippen LogP contribution in [0.4, 0.5) is 17.6 Å². The Morgan fingerprint density at radius 3 is 2.46 bits per heavy atom. The molecule has 41 heavy (non-hydrogen) atoms. The lowest BCUT2D eigenvalue weighted by Crippen LogP contribution is -2.43. The van der Waals surface area contributed by atoms with Crippen molar-refractivity contribution < 1.29 is 36.5 Å². The maximum absolute atomic E-state index is 13.3. The van der Waals surface area contributed by atoms with Gasteiger partial charge in [-0.1, -0.05) is 11.2 Å². The number of amides is 2. The maximum atomic E-state index is 13.3. The number of nitrogens with one attached hydrogen (secondary N) is 3. The van der Waals surface area contributed by atoms with E-state index < -0.39 is 29.9 Å². The summed E-state index contributed by atoms with van der Waals surface area (Å²) in [7, 11) is 0. The minimum atomic E-state index is -2.75. The Labute approximate surface area is 231 Å². The van der Waals surface area contributed by atoms with Gasteiger partial charge in [-0.25, -0.2) is 27.2 Å². The van der Waals surface area contributed by atoms with E-state index in [1.165, 1.54) is 0 Å². The molecule has 0 bridgehead atoms. The van der Waals surface area contributed by atoms with Crippen LogP contribution in [0.3, 0.4) is 0 Å². The molecule has 0 saturated heterocycles. The van der Waals surface area contributed by atoms with Crippen molar-refractivity contribution in [3.8, 4) is 0 Å². The summed E-state index contributed by atoms with van der Waals surface area (Å²) in [5, 5.41) is 13.0. The van der Waals surface area contributed by atoms with Gasteiger partial charge in [0.1, 0.15) is 17.6 Å². The van der Waals surface area contributed by atoms with Crippen LogP contribution in [0.25, 0.3) is 11.0 Å². The molecule has 3 fully saturated rings. The van der Waals surface area contributed by atoms with Crippen molar-refractivity contribution in [2.24, 2.45) is 11.8 Å². The van der Waals surface area contributed by atoms with E-state index in [2.05, 4.69) is 35.5 Å². The lowest BCUT2D eigenvalue weighted by molar-refractivity contribution is -0.167. The zero-order valence-corrected chi connectivity index (χ0v) is 22.3. The zero-order valence-electron chi connectivity index (χ0n) is 22.3. The highest BCUT2D eigenvalue weighted by atomic mass is 19.3. The second-order valence-corrected chi connectivity index (χ2v) is 11.6. The van der Waals surface area contributed by atoms with Crippen molar-refractivity contribution in [1.82, 2.24) is 30.9 Å². The van der Waals surface area contributed by atoms with E-state index in [1.807, 2.05) is 12.1 Å². The number of carbonyl (C=O) groups excluding carboxylic acids is 2. The number of benzene rings is 1. The van der Waals surface area contributed by atoms with Gasteiger partial charge < -0.3 is 20.4 Å². The van der Waals surface area contributed by atoms with Gasteiger partial charge in [0.05, 0.1) is 29.8 Å². The standard InChI is InChI=1S/C27H30F4N6O4/c1-13-22(37-41-36-13)25(39)34-20(12-40-17-10-27(30,31)11-17)24-32-18-5-4-16(7-19(18)33-24)23(15-2-3-15)35-21(38)6-14-8-26(28,29)9-14/h4-5,7,14-15,17,20,23H,2-3,6,8-12H2,1H3,(H,32,33)(H,34,39)(H,35,38)/t20-,23+/m0/s1. The van der Waals surface area contributed by atoms with Crippen LogP contribution in [0.1, 0.15) is 84.6 Å². The van der Waals surface area contributed by atoms with Gasteiger partial charge in [-0.15, -0.1) is 0 Å². The van der Waals surface area contributed by atoms with E-state index in [0.717, 1.165) is 18.4 Å². The van der Waals surface area contributed by atoms with Crippen molar-refractivity contribution in [3.05, 3.63) is 41.0 Å². The third-order valence-electron chi connectivity index (χ3n) is 8.00. The average molecular weight is 579 g/mol. The Kier molecular flexibility index (Phi) is 6.99. The van der Waals surface area contributed by atoms with Crippen molar-refractivity contribution in [2.45, 2.75) is 81.9 Å². The van der Waals surface area contributed by atoms with Crippen molar-refractivity contribution in [2.75, 3.05) is 6.61 Å². The molecular weight excluding hydrogens is 548 g/mol. The summed E-state index contributed by atoms with van der Waals surface area (Å²) in [6.45, 7) is 1.46. The Bertz CT molecular complexity index is 1440. The number of hydrogen-bond acceptors (Lipinski definition) is 7. The zero-order chi connectivity index (χ0) is 28.9. The summed E-state index contributed by atoms with van der Waals surface area (Å²) in [6.07, 6.45) is 0.0430. The van der Waals surface area contributed by atoms with Crippen molar-refractivity contribution in [1.29, 1.82) is 0 Å². The topological polar surface area (TPSA) is 135 Å². The van der Waals surface area contributed by atoms with Crippen molar-refractivity contribution >= 4 is 22.8 Å². The van der Waals surface area contributed by atoms with Crippen LogP contribution in [-0.2, 0) is 9.53 Å². The minimum absolute atomic E-state index is 0.0165. The van der Waals surface area contributed by atoms with Gasteiger partial charge in [0.15, 0.2) is 5.69 Å². The van der Waals surface area contributed by atoms with Gasteiger partial charge in [-0.05, 0) is 54.5 Å². The van der Waals surface area contributed by atoms with Gasteiger partial charge in [0, 0.05) is 32.1 Å². The highest BCUT2D eigenvalue weighted by Crippen LogP contribution is 2.45. The molecule has 3 saturated carbocycles. The third-order valence-corrected chi connectivity index (χ3v) is 8.00. The normalized spacial score (nSPS) is 21.6. The van der Waals surface area contributed by atoms with E-state index >= 15 is 0 Å². The monoisotopic (exact) mass is 578 g/mol. The van der Waals surface area contributed by atoms with E-state index in [9.17, 15) is 27.2 Å². The first-order chi connectivity index (χ1) is 19.4. The van der Waals surface area contributed by atoms with E-state index in [4.69, 9.17) is 4.74 Å². The fraction of sp³-hybridized carbons (Fsp3) is 0.593. The number of alkyl halides is 4. The first kappa shape index (κ1) is 27.6. The van der Waals surface area contributed by atoms with Crippen LogP contribution in [0.2, 0.25) is 0 Å². The van der Waals surface area contributed by atoms with Crippen molar-refractivity contribution in [3.63, 3.8) is 0 Å². The number of aromatic amines is 1. The molecule has 3 aliphatic carbocycles. The predicted octanol–water partition coefficient (Wildman–Crippen LogP) is 4.54. The van der Waals surface area contributed by atoms with Crippen LogP contribution in [0.15, 0.2) is 22.8 Å². The van der Waals surface area contributed by atoms with Crippen LogP contribution >= 0.6 is 0 Å². The first-order valence-corrected chi connectivity index (χ1v) is 13.7. The number of carbonyl (C=O) groups is 2. The van der Waals surface area contributed by atoms with Gasteiger partial charge in [-0.2, -0.15) is 0 Å². The summed E-state index contributed by atoms with van der Waals surface area (Å²) in [6, 6.07) is 4.43. The molecule has 2 amide bonds. The molecule has 220 valence electrons. The van der Waals surface area contributed by atoms with E-state index in [-0.39, 0.29) is 73.9 Å². The lowest BCUT2D eigenvalue weighted by atomic mass is 9.79. The largest absolute Gasteiger partial charge is 0.375 e. The molecule has 1 aromatic carbocycles. The van der Waals surface area contributed by atoms with E-state index in [0.29, 0.717) is 16.9 Å². The minimum Gasteiger partial charge on any atom is -0.375 e. The predicted molar refractivity (Wildman–Crippen MR) is 135 cm³/mol. The number of imidazole rings is 1. The molecule has 6 rings (SSSR count). The van der Waals surface area contributed by atoms with Gasteiger partial charge in [0.25, 0.3) is 11.8 Å². The number of rotatable bonds is 11. The van der Waals surface area contributed by atoms with Crippen LogP contribution < -0.4 is 10.6 Å². The number of ether oxygens (including phenoxy) is 1. The molecule has 10 nitrogen and oxygen atoms in total. The Morgan fingerprint density at radius 2 is 1.83 bits per heavy atom. The first-order valence-electron chi connectivity index (χ1n) is 13.7. The summed E-state index contributed by atoms with van der Waals surface area (Å²) in [5.41, 5.74) is 2.35. The number of hydrogen-bond donors (Lipinski definition) is 3. The molecule has 3 aromatic rings. The number of fused-ring (bicyclic) bond motifs is 1. The van der Waals surface area contributed by atoms with Crippen LogP contribution in [-0.4, -0.2) is 56.7 Å². The lowest BCUT2D eigenvalue weighted by Gasteiger charge is -2.35. The second-order valence-electron chi connectivity index (χ2n) is 11.6. The van der Waals surface area contributed by atoms with Gasteiger partial charge in [0.2, 0.25) is 11.8 Å². The molecular formula is C27H30F4N6O4. The summed E-state index contributed by atoms with van der Waals surface area (Å²) >= 11 is 0. The maximum Gasteiger partial charge on any atom is 0.276 e. The fourth-order valence-electron chi connectivity index (χ4n) is 5.54. The molecule has 3 aliphatic rings. The number of aromatic nitrogens is 4. The molecule has 0 aliphatic heterocycles. The number of halogens is 4. The molecule has 14 heteroatoms. The van der Waals surface area contributed by atoms with E-state index in [1.54, 1.807) is 13.0 Å². The SMILES string of the molecule is Cc1nonc1C(=O)N[C@@H](COC1CC(F)(F)C1)c1nc2ccc([C@H](NC(=O)CC3CC(F)(F)C3)C3CC3)cc2[nH]1. The van der Waals surface area contributed by atoms with Crippen LogP contribution in [0.5, 0.6) is 0 Å². The fourth-order valence-corrected chi connectivity index (χ4v) is 5.54. The van der Waals surface area contributed by atoms with Gasteiger partial charge in [-0.3, -0.25) is 9.59 Å². The summed E-state index contributed by atoms with van der Waals surface area (Å²) in [5.74, 6) is -5.95. The second kappa shape index (κ2) is 10.4. The molecule has 0 radical (unpaired) electrons. The highest BCUT2D eigenvalue weighted by Gasteiger charge is 2.47. The average Bonchev–Trinajstić information content (AvgIpc) is 3.47. The summed E-state index contributed by atoms with van der Waals surface area (Å²) < 4.78 is 63.3. The molecule has 2 heterocycles. The molecule has 3 N–H and O–H groups in total. The Balaban J connectivity index is 1.18. The quantitative estimate of drug-likeness (QED) is 0.284. The third kappa shape index (κ3) is 6.21. The number of nitrogens with zero attached hydrogens (tertiary/aromatic N) is 3. The summed E-state index contributed by atoms with van der Waals surface area (Å²) in [4.78, 5) is 33.3. The molecule has 2 atom stereocenters. The molecule has 2 aromatic heterocycles.